The summed E-state index contributed by atoms with van der Waals surface area (Å²) in [5.74, 6) is -3.05. The van der Waals surface area contributed by atoms with Gasteiger partial charge in [-0.25, -0.2) is 13.6 Å². The molecule has 0 heterocycles. The summed E-state index contributed by atoms with van der Waals surface area (Å²) in [6, 6.07) is 8.79. The second kappa shape index (κ2) is 6.13. The predicted octanol–water partition coefficient (Wildman–Crippen LogP) is 3.00. The highest BCUT2D eigenvalue weighted by molar-refractivity contribution is 6.04. The highest BCUT2D eigenvalue weighted by Crippen LogP contribution is 2.14. The van der Waals surface area contributed by atoms with Crippen LogP contribution in [0.4, 0.5) is 14.5 Å². The number of rotatable bonds is 3. The highest BCUT2D eigenvalue weighted by atomic mass is 19.2. The van der Waals surface area contributed by atoms with Crippen LogP contribution in [0.5, 0.6) is 0 Å². The van der Waals surface area contributed by atoms with Crippen LogP contribution in [-0.4, -0.2) is 19.0 Å². The molecular formula is C15H11F2NO3. The molecular weight excluding hydrogens is 280 g/mol. The third-order valence-electron chi connectivity index (χ3n) is 2.75. The van der Waals surface area contributed by atoms with Gasteiger partial charge in [-0.05, 0) is 36.4 Å². The number of hydrogen-bond donors (Lipinski definition) is 1. The summed E-state index contributed by atoms with van der Waals surface area (Å²) >= 11 is 0. The first-order valence-electron chi connectivity index (χ1n) is 5.96. The zero-order valence-corrected chi connectivity index (χ0v) is 11.0. The van der Waals surface area contributed by atoms with Crippen molar-refractivity contribution in [3.05, 3.63) is 65.2 Å². The molecule has 2 rings (SSSR count). The number of hydrogen-bond acceptors (Lipinski definition) is 3. The second-order valence-electron chi connectivity index (χ2n) is 4.15. The number of esters is 1. The lowest BCUT2D eigenvalue weighted by atomic mass is 10.1. The number of carbonyl (C=O) groups is 2. The number of ether oxygens (including phenoxy) is 1. The third kappa shape index (κ3) is 3.42. The number of amides is 1. The first-order chi connectivity index (χ1) is 10.0. The molecule has 0 saturated heterocycles. The largest absolute Gasteiger partial charge is 0.465 e. The fraction of sp³-hybridized carbons (Fsp3) is 0.0667. The molecule has 0 aromatic heterocycles. The SMILES string of the molecule is COC(=O)c1ccc(C(=O)Nc2ccc(F)c(F)c2)cc1. The lowest BCUT2D eigenvalue weighted by molar-refractivity contribution is 0.0600. The molecule has 0 saturated carbocycles. The Kier molecular flexibility index (Phi) is 4.27. The minimum Gasteiger partial charge on any atom is -0.465 e. The van der Waals surface area contributed by atoms with Gasteiger partial charge in [0.05, 0.1) is 12.7 Å². The maximum atomic E-state index is 13.0. The van der Waals surface area contributed by atoms with Crippen molar-refractivity contribution in [1.82, 2.24) is 0 Å². The van der Waals surface area contributed by atoms with E-state index in [2.05, 4.69) is 10.1 Å². The molecule has 1 N–H and O–H groups in total. The number of methoxy groups -OCH3 is 1. The van der Waals surface area contributed by atoms with Gasteiger partial charge in [0.2, 0.25) is 0 Å². The Labute approximate surface area is 119 Å². The van der Waals surface area contributed by atoms with Crippen LogP contribution in [0.15, 0.2) is 42.5 Å². The van der Waals surface area contributed by atoms with Crippen molar-refractivity contribution in [2.24, 2.45) is 0 Å². The molecule has 0 fully saturated rings. The number of halogens is 2. The molecule has 4 nitrogen and oxygen atoms in total. The normalized spacial score (nSPS) is 10.0. The molecule has 0 bridgehead atoms. The molecule has 0 unspecified atom stereocenters. The van der Waals surface area contributed by atoms with Crippen molar-refractivity contribution in [3.8, 4) is 0 Å². The summed E-state index contributed by atoms with van der Waals surface area (Å²) in [6.07, 6.45) is 0. The average Bonchev–Trinajstić information content (AvgIpc) is 2.50. The van der Waals surface area contributed by atoms with Crippen LogP contribution in [0.2, 0.25) is 0 Å². The standard InChI is InChI=1S/C15H11F2NO3/c1-21-15(20)10-4-2-9(3-5-10)14(19)18-11-6-7-12(16)13(17)8-11/h2-8H,1H3,(H,18,19). The van der Waals surface area contributed by atoms with E-state index in [0.717, 1.165) is 12.1 Å². The van der Waals surface area contributed by atoms with E-state index in [9.17, 15) is 18.4 Å². The van der Waals surface area contributed by atoms with Crippen molar-refractivity contribution in [1.29, 1.82) is 0 Å². The van der Waals surface area contributed by atoms with Crippen LogP contribution in [0.1, 0.15) is 20.7 Å². The van der Waals surface area contributed by atoms with Crippen LogP contribution >= 0.6 is 0 Å². The minimum atomic E-state index is -1.05. The summed E-state index contributed by atoms with van der Waals surface area (Å²) in [5, 5.41) is 2.43. The quantitative estimate of drug-likeness (QED) is 0.884. The van der Waals surface area contributed by atoms with E-state index in [0.29, 0.717) is 5.56 Å². The van der Waals surface area contributed by atoms with E-state index in [4.69, 9.17) is 0 Å². The van der Waals surface area contributed by atoms with Crippen LogP contribution < -0.4 is 5.32 Å². The Morgan fingerprint density at radius 1 is 0.952 bits per heavy atom. The zero-order valence-electron chi connectivity index (χ0n) is 11.0. The topological polar surface area (TPSA) is 55.4 Å². The van der Waals surface area contributed by atoms with Crippen LogP contribution in [0.3, 0.4) is 0 Å². The molecule has 0 aliphatic carbocycles. The molecule has 0 aliphatic heterocycles. The third-order valence-corrected chi connectivity index (χ3v) is 2.75. The van der Waals surface area contributed by atoms with E-state index in [1.54, 1.807) is 0 Å². The summed E-state index contributed by atoms with van der Waals surface area (Å²) < 4.78 is 30.4. The molecule has 2 aromatic rings. The molecule has 0 radical (unpaired) electrons. The monoisotopic (exact) mass is 291 g/mol. The van der Waals surface area contributed by atoms with Crippen LogP contribution in [0.25, 0.3) is 0 Å². The van der Waals surface area contributed by atoms with E-state index < -0.39 is 23.5 Å². The van der Waals surface area contributed by atoms with Gasteiger partial charge in [0.25, 0.3) is 5.91 Å². The molecule has 21 heavy (non-hydrogen) atoms. The molecule has 2 aromatic carbocycles. The number of carbonyl (C=O) groups excluding carboxylic acids is 2. The van der Waals surface area contributed by atoms with Gasteiger partial charge < -0.3 is 10.1 Å². The summed E-state index contributed by atoms with van der Waals surface area (Å²) in [7, 11) is 1.26. The lowest BCUT2D eigenvalue weighted by Gasteiger charge is -2.06. The van der Waals surface area contributed by atoms with Gasteiger partial charge in [-0.3, -0.25) is 4.79 Å². The number of nitrogens with one attached hydrogen (secondary N) is 1. The van der Waals surface area contributed by atoms with E-state index in [1.165, 1.54) is 37.4 Å². The lowest BCUT2D eigenvalue weighted by Crippen LogP contribution is -2.12. The Hall–Kier alpha value is -2.76. The van der Waals surface area contributed by atoms with Crippen molar-refractivity contribution in [2.75, 3.05) is 12.4 Å². The summed E-state index contributed by atoms with van der Waals surface area (Å²) in [5.41, 5.74) is 0.713. The molecule has 6 heteroatoms. The maximum absolute atomic E-state index is 13.0. The first kappa shape index (κ1) is 14.6. The summed E-state index contributed by atoms with van der Waals surface area (Å²) in [4.78, 5) is 23.2. The van der Waals surface area contributed by atoms with Crippen molar-refractivity contribution >= 4 is 17.6 Å². The molecule has 108 valence electrons. The van der Waals surface area contributed by atoms with Crippen molar-refractivity contribution in [2.45, 2.75) is 0 Å². The second-order valence-corrected chi connectivity index (χ2v) is 4.15. The fourth-order valence-corrected chi connectivity index (χ4v) is 1.65. The van der Waals surface area contributed by atoms with Gasteiger partial charge in [-0.15, -0.1) is 0 Å². The van der Waals surface area contributed by atoms with Gasteiger partial charge in [0.15, 0.2) is 11.6 Å². The minimum absolute atomic E-state index is 0.135. The number of anilines is 1. The van der Waals surface area contributed by atoms with Gasteiger partial charge in [0.1, 0.15) is 0 Å². The van der Waals surface area contributed by atoms with E-state index in [-0.39, 0.29) is 11.3 Å². The first-order valence-corrected chi connectivity index (χ1v) is 5.96. The Morgan fingerprint density at radius 3 is 2.14 bits per heavy atom. The molecule has 1 amide bonds. The molecule has 0 atom stereocenters. The average molecular weight is 291 g/mol. The van der Waals surface area contributed by atoms with Crippen molar-refractivity contribution < 1.29 is 23.1 Å². The smallest absolute Gasteiger partial charge is 0.337 e. The highest BCUT2D eigenvalue weighted by Gasteiger charge is 2.10. The van der Waals surface area contributed by atoms with Gasteiger partial charge >= 0.3 is 5.97 Å². The molecule has 0 spiro atoms. The predicted molar refractivity (Wildman–Crippen MR) is 72.1 cm³/mol. The molecule has 0 aliphatic rings. The Morgan fingerprint density at radius 2 is 1.57 bits per heavy atom. The van der Waals surface area contributed by atoms with E-state index >= 15 is 0 Å². The Bertz CT molecular complexity index is 684. The van der Waals surface area contributed by atoms with E-state index in [1.807, 2.05) is 0 Å². The van der Waals surface area contributed by atoms with Crippen LogP contribution in [0, 0.1) is 11.6 Å². The fourth-order valence-electron chi connectivity index (χ4n) is 1.65. The van der Waals surface area contributed by atoms with Crippen molar-refractivity contribution in [3.63, 3.8) is 0 Å². The summed E-state index contributed by atoms with van der Waals surface area (Å²) in [6.45, 7) is 0. The number of benzene rings is 2. The van der Waals surface area contributed by atoms with Gasteiger partial charge in [0, 0.05) is 17.3 Å². The van der Waals surface area contributed by atoms with Crippen LogP contribution in [-0.2, 0) is 4.74 Å². The van der Waals surface area contributed by atoms with Gasteiger partial charge in [-0.1, -0.05) is 0 Å². The maximum Gasteiger partial charge on any atom is 0.337 e. The Balaban J connectivity index is 2.13. The van der Waals surface area contributed by atoms with Gasteiger partial charge in [-0.2, -0.15) is 0 Å². The zero-order chi connectivity index (χ0) is 15.4.